The van der Waals surface area contributed by atoms with E-state index in [2.05, 4.69) is 10.6 Å². The van der Waals surface area contributed by atoms with Crippen LogP contribution in [-0.2, 0) is 52.7 Å². The molecule has 0 spiro atoms. The Hall–Kier alpha value is -4.17. The topological polar surface area (TPSA) is 252 Å². The number of carboxylic acids is 1. The molecular formula is C37H61Cl2N5O14S. The van der Waals surface area contributed by atoms with Crippen molar-refractivity contribution in [3.05, 3.63) is 0 Å². The largest absolute Gasteiger partial charge is 0.481 e. The van der Waals surface area contributed by atoms with E-state index < -0.39 is 35.9 Å². The van der Waals surface area contributed by atoms with Gasteiger partial charge in [0.15, 0.2) is 0 Å². The van der Waals surface area contributed by atoms with Crippen molar-refractivity contribution in [1.29, 1.82) is 1.12 Å². The summed E-state index contributed by atoms with van der Waals surface area (Å²) in [7, 11) is 3.29. The predicted molar refractivity (Wildman–Crippen MR) is 220 cm³/mol. The summed E-state index contributed by atoms with van der Waals surface area (Å²) in [5.74, 6) is -2.96. The average molecular weight is 904 g/mol. The Labute approximate surface area is 362 Å². The molecule has 19 nitrogen and oxygen atoms in total. The highest BCUT2D eigenvalue weighted by molar-refractivity contribution is 7.79. The zero-order valence-electron chi connectivity index (χ0n) is 35.2. The number of carbonyl (C=O) groups excluding carboxylic acids is 9. The number of carboxylic acid groups (broad SMARTS) is 1. The Balaban J connectivity index is 0. The number of nitrogens with one attached hydrogen (secondary N) is 2. The third-order valence-corrected chi connectivity index (χ3v) is 8.54. The number of ether oxygens (including phenoxy) is 2. The minimum absolute atomic E-state index is 0.00293. The van der Waals surface area contributed by atoms with Crippen molar-refractivity contribution < 1.29 is 67.4 Å². The van der Waals surface area contributed by atoms with Gasteiger partial charge < -0.3 is 39.9 Å². The van der Waals surface area contributed by atoms with Crippen LogP contribution in [0.2, 0.25) is 0 Å². The van der Waals surface area contributed by atoms with E-state index in [1.54, 1.807) is 25.3 Å². The fourth-order valence-electron chi connectivity index (χ4n) is 4.66. The molecule has 0 aromatic heterocycles. The van der Waals surface area contributed by atoms with Crippen LogP contribution in [0.1, 0.15) is 103 Å². The summed E-state index contributed by atoms with van der Waals surface area (Å²) in [5, 5.41) is 14.1. The van der Waals surface area contributed by atoms with Crippen LogP contribution >= 0.6 is 35.7 Å². The van der Waals surface area contributed by atoms with E-state index in [0.29, 0.717) is 102 Å². The summed E-state index contributed by atoms with van der Waals surface area (Å²) in [4.78, 5) is 121. The van der Waals surface area contributed by atoms with Crippen molar-refractivity contribution in [3.8, 4) is 0 Å². The van der Waals surface area contributed by atoms with E-state index in [1.807, 2.05) is 0 Å². The summed E-state index contributed by atoms with van der Waals surface area (Å²) in [6, 6.07) is 0. The lowest BCUT2D eigenvalue weighted by Crippen LogP contribution is -2.32. The molecule has 59 heavy (non-hydrogen) atoms. The molecule has 0 saturated carbocycles. The number of halogens is 2. The number of ketones is 2. The van der Waals surface area contributed by atoms with Gasteiger partial charge in [0.2, 0.25) is 11.8 Å². The van der Waals surface area contributed by atoms with E-state index in [4.69, 9.17) is 43.7 Å². The third kappa shape index (κ3) is 32.4. The molecule has 1 fully saturated rings. The second-order valence-electron chi connectivity index (χ2n) is 12.9. The van der Waals surface area contributed by atoms with Crippen molar-refractivity contribution in [2.75, 3.05) is 71.5 Å². The maximum absolute atomic E-state index is 12.1. The third-order valence-electron chi connectivity index (χ3n) is 7.95. The first kappa shape index (κ1) is 54.8. The van der Waals surface area contributed by atoms with Crippen LogP contribution in [0.4, 0.5) is 9.59 Å². The van der Waals surface area contributed by atoms with Crippen molar-refractivity contribution >= 4 is 95.1 Å². The van der Waals surface area contributed by atoms with Gasteiger partial charge in [-0.3, -0.25) is 33.6 Å². The van der Waals surface area contributed by atoms with Crippen LogP contribution in [0, 0.1) is 0 Å². The van der Waals surface area contributed by atoms with Gasteiger partial charge in [0.05, 0.1) is 25.0 Å². The Morgan fingerprint density at radius 2 is 1.07 bits per heavy atom. The lowest BCUT2D eigenvalue weighted by atomic mass is 10.2. The molecule has 1 saturated heterocycles. The number of nitrogens with zero attached hydrogens (tertiary/aromatic N) is 3. The number of alkyl carbamates (subject to hydrolysis) is 2. The zero-order valence-corrected chi connectivity index (χ0v) is 36.6. The molecule has 0 atom stereocenters. The molecule has 0 aliphatic carbocycles. The van der Waals surface area contributed by atoms with Crippen LogP contribution in [-0.4, -0.2) is 152 Å². The molecular weight excluding hydrogens is 841 g/mol. The molecule has 1 heterocycles. The molecule has 1 aliphatic rings. The Kier molecular flexibility index (Phi) is 34.3. The van der Waals surface area contributed by atoms with Crippen molar-refractivity contribution in [2.45, 2.75) is 103 Å². The molecule has 0 aromatic rings. The van der Waals surface area contributed by atoms with Gasteiger partial charge >= 0.3 is 24.1 Å². The molecule has 22 heteroatoms. The van der Waals surface area contributed by atoms with Crippen molar-refractivity contribution in [3.63, 3.8) is 0 Å². The summed E-state index contributed by atoms with van der Waals surface area (Å²) in [6.45, 7) is 1.84. The molecule has 3 N–H and O–H groups in total. The van der Waals surface area contributed by atoms with Gasteiger partial charge in [0.25, 0.3) is 11.8 Å². The van der Waals surface area contributed by atoms with Gasteiger partial charge in [-0.05, 0) is 57.6 Å². The van der Waals surface area contributed by atoms with Crippen LogP contribution < -0.4 is 10.6 Å². The lowest BCUT2D eigenvalue weighted by Gasteiger charge is -2.17. The van der Waals surface area contributed by atoms with Crippen LogP contribution in [0.5, 0.6) is 0 Å². The van der Waals surface area contributed by atoms with Crippen LogP contribution in [0.3, 0.4) is 0 Å². The van der Waals surface area contributed by atoms with E-state index >= 15 is 0 Å². The number of hydroxylamine groups is 2. The number of rotatable bonds is 29. The van der Waals surface area contributed by atoms with E-state index in [1.165, 1.54) is 4.90 Å². The molecule has 0 radical (unpaired) electrons. The van der Waals surface area contributed by atoms with Crippen molar-refractivity contribution in [1.82, 2.24) is 25.5 Å². The Morgan fingerprint density at radius 1 is 0.678 bits per heavy atom. The van der Waals surface area contributed by atoms with Gasteiger partial charge in [-0.2, -0.15) is 12.5 Å². The summed E-state index contributed by atoms with van der Waals surface area (Å²) in [6.07, 6.45) is 5.72. The number of alkyl halides is 2. The van der Waals surface area contributed by atoms with Gasteiger partial charge in [-0.15, -0.1) is 28.3 Å². The van der Waals surface area contributed by atoms with Crippen LogP contribution in [0.15, 0.2) is 0 Å². The highest BCUT2D eigenvalue weighted by Gasteiger charge is 2.32. The van der Waals surface area contributed by atoms with Gasteiger partial charge in [-0.25, -0.2) is 14.4 Å². The number of aliphatic carboxylic acids is 1. The quantitative estimate of drug-likeness (QED) is 0.0362. The Morgan fingerprint density at radius 3 is 1.46 bits per heavy atom. The summed E-state index contributed by atoms with van der Waals surface area (Å²) in [5.41, 5.74) is 0. The number of Topliss-reactive ketones (excluding diaryl/α,β-unsaturated/α-hetero) is 2. The number of hydrogen-bond acceptors (Lipinski definition) is 14. The molecule has 1 rings (SSSR count). The maximum atomic E-state index is 12.1. The highest BCUT2D eigenvalue weighted by Crippen LogP contribution is 2.14. The first-order valence-corrected chi connectivity index (χ1v) is 21.1. The van der Waals surface area contributed by atoms with Crippen LogP contribution in [0.25, 0.3) is 0 Å². The molecule has 338 valence electrons. The lowest BCUT2D eigenvalue weighted by molar-refractivity contribution is -0.197. The molecule has 1 aliphatic heterocycles. The minimum Gasteiger partial charge on any atom is -0.481 e. The number of thiol groups is 1. The first-order valence-electron chi connectivity index (χ1n) is 19.7. The molecule has 6 amide bonds. The number of hydrogen-bond donors (Lipinski definition) is 4. The van der Waals surface area contributed by atoms with E-state index in [9.17, 15) is 47.9 Å². The number of imide groups is 1. The standard InChI is InChI=1S/C20H30ClN3O8.C16H27ClN2O6.CH4S/c1-23(12-5-13-31-20(30)22-11-4-6-15(25)14-21)16(26)7-2-3-8-19(29)32-24-17(27)9-10-18(24)28;1-19(14(21)7-2-3-8-15(22)23)10-5-11-25-16(24)18-9-4-6-13(20)12-17;1-2/h2-14H2,1H3,(H,22,30);2-12H2,1H3,(H,18,24)(H,22,23);2H,1H3/i/hD. The second kappa shape index (κ2) is 36.9. The monoisotopic (exact) mass is 902 g/mol. The molecule has 0 unspecified atom stereocenters. The fraction of sp³-hybridized carbons (Fsp3) is 0.730. The van der Waals surface area contributed by atoms with E-state index in [0.717, 1.165) is 12.5 Å². The van der Waals surface area contributed by atoms with Gasteiger partial charge in [-0.1, -0.05) is 0 Å². The fourth-order valence-corrected chi connectivity index (χ4v) is 4.92. The average Bonchev–Trinajstić information content (AvgIpc) is 3.53. The summed E-state index contributed by atoms with van der Waals surface area (Å²) >= 11 is 11.7. The predicted octanol–water partition coefficient (Wildman–Crippen LogP) is 3.66. The zero-order chi connectivity index (χ0) is 45.7. The SMILES string of the molecule is CN(CCCOC(=O)NCCCC(=O)CCl)C(=O)CCCCC(=O)O.CN(CCCOC(=O)NCCCC(=O)CCl)C(=O)CCCCC(=O)ON1C(=O)CCC1=O.[2H]SC. The number of carbonyl (C=O) groups is 10. The van der Waals surface area contributed by atoms with Gasteiger partial charge in [0, 0.05) is 91.6 Å². The highest BCUT2D eigenvalue weighted by atomic mass is 35.5. The van der Waals surface area contributed by atoms with E-state index in [-0.39, 0.29) is 80.5 Å². The smallest absolute Gasteiger partial charge is 0.407 e. The Bertz CT molecular complexity index is 1350. The second-order valence-corrected chi connectivity index (χ2v) is 13.4. The maximum Gasteiger partial charge on any atom is 0.407 e. The van der Waals surface area contributed by atoms with Gasteiger partial charge in [0.1, 0.15) is 12.7 Å². The van der Waals surface area contributed by atoms with Crippen molar-refractivity contribution in [2.24, 2.45) is 0 Å². The summed E-state index contributed by atoms with van der Waals surface area (Å²) < 4.78 is 16.1. The molecule has 0 aromatic carbocycles. The number of unbranched alkanes of at least 4 members (excludes halogenated alkanes) is 2. The normalized spacial score (nSPS) is 11.7. The molecule has 0 bridgehead atoms. The first-order chi connectivity index (χ1) is 28.5. The number of amides is 6. The minimum atomic E-state index is -0.859.